The molecule has 1 saturated heterocycles. The van der Waals surface area contributed by atoms with Crippen molar-refractivity contribution in [1.82, 2.24) is 4.90 Å². The van der Waals surface area contributed by atoms with Crippen LogP contribution in [0, 0.1) is 0 Å². The van der Waals surface area contributed by atoms with Gasteiger partial charge in [0.15, 0.2) is 0 Å². The van der Waals surface area contributed by atoms with Gasteiger partial charge in [-0.15, -0.1) is 0 Å². The van der Waals surface area contributed by atoms with Gasteiger partial charge in [0.05, 0.1) is 6.42 Å². The number of anilines is 2. The third kappa shape index (κ3) is 3.41. The molecule has 3 rings (SSSR count). The lowest BCUT2D eigenvalue weighted by atomic mass is 10.1. The molecular formula is C17H23N3O3. The minimum absolute atomic E-state index is 0.0415. The Bertz CT molecular complexity index is 628. The van der Waals surface area contributed by atoms with Crippen LogP contribution in [-0.4, -0.2) is 48.7 Å². The van der Waals surface area contributed by atoms with Crippen molar-refractivity contribution in [3.63, 3.8) is 0 Å². The Morgan fingerprint density at radius 1 is 1.17 bits per heavy atom. The third-order valence-electron chi connectivity index (χ3n) is 4.03. The lowest BCUT2D eigenvalue weighted by Crippen LogP contribution is -2.50. The number of ether oxygens (including phenoxy) is 1. The molecule has 1 aromatic rings. The van der Waals surface area contributed by atoms with Gasteiger partial charge in [-0.1, -0.05) is 6.07 Å². The molecule has 0 bridgehead atoms. The van der Waals surface area contributed by atoms with Crippen LogP contribution >= 0.6 is 0 Å². The van der Waals surface area contributed by atoms with Crippen molar-refractivity contribution in [3.8, 4) is 0 Å². The third-order valence-corrected chi connectivity index (χ3v) is 4.03. The summed E-state index contributed by atoms with van der Waals surface area (Å²) in [6.07, 6.45) is 0.171. The number of carbonyl (C=O) groups excluding carboxylic acids is 2. The molecule has 0 radical (unpaired) electrons. The van der Waals surface area contributed by atoms with E-state index < -0.39 is 5.60 Å². The standard InChI is InChI=1S/C17H23N3O3/c1-17(2,3)23-16(22)20-9-7-19(8-10-20)14-6-4-5-13-12(14)11-15(21)18-13/h4-6H,7-11H2,1-3H3,(H,18,21). The van der Waals surface area contributed by atoms with Crippen LogP contribution in [0.1, 0.15) is 26.3 Å². The normalized spacial score (nSPS) is 17.8. The highest BCUT2D eigenvalue weighted by atomic mass is 16.6. The van der Waals surface area contributed by atoms with Gasteiger partial charge >= 0.3 is 6.09 Å². The number of benzene rings is 1. The van der Waals surface area contributed by atoms with Crippen molar-refractivity contribution in [2.75, 3.05) is 36.4 Å². The van der Waals surface area contributed by atoms with Crippen LogP contribution in [0.4, 0.5) is 16.2 Å². The molecule has 6 nitrogen and oxygen atoms in total. The monoisotopic (exact) mass is 317 g/mol. The number of rotatable bonds is 1. The van der Waals surface area contributed by atoms with E-state index in [2.05, 4.69) is 10.2 Å². The molecule has 0 aliphatic carbocycles. The second-order valence-electron chi connectivity index (χ2n) is 6.98. The Balaban J connectivity index is 1.65. The van der Waals surface area contributed by atoms with Gasteiger partial charge in [0.2, 0.25) is 5.91 Å². The predicted octanol–water partition coefficient (Wildman–Crippen LogP) is 2.24. The molecule has 124 valence electrons. The smallest absolute Gasteiger partial charge is 0.410 e. The van der Waals surface area contributed by atoms with Gasteiger partial charge < -0.3 is 19.9 Å². The van der Waals surface area contributed by atoms with E-state index in [0.29, 0.717) is 19.5 Å². The number of nitrogens with zero attached hydrogens (tertiary/aromatic N) is 2. The van der Waals surface area contributed by atoms with Gasteiger partial charge in [0.1, 0.15) is 5.60 Å². The topological polar surface area (TPSA) is 61.9 Å². The maximum absolute atomic E-state index is 12.1. The van der Waals surface area contributed by atoms with Crippen molar-refractivity contribution in [2.45, 2.75) is 32.8 Å². The van der Waals surface area contributed by atoms with E-state index >= 15 is 0 Å². The lowest BCUT2D eigenvalue weighted by Gasteiger charge is -2.37. The van der Waals surface area contributed by atoms with Crippen LogP contribution in [0.15, 0.2) is 18.2 Å². The predicted molar refractivity (Wildman–Crippen MR) is 88.8 cm³/mol. The van der Waals surface area contributed by atoms with Crippen molar-refractivity contribution in [3.05, 3.63) is 23.8 Å². The number of piperazine rings is 1. The first kappa shape index (κ1) is 15.6. The van der Waals surface area contributed by atoms with Crippen LogP contribution in [0.3, 0.4) is 0 Å². The first-order chi connectivity index (χ1) is 10.8. The minimum Gasteiger partial charge on any atom is -0.444 e. The summed E-state index contributed by atoms with van der Waals surface area (Å²) in [6, 6.07) is 5.93. The van der Waals surface area contributed by atoms with E-state index in [1.807, 2.05) is 39.0 Å². The van der Waals surface area contributed by atoms with E-state index in [1.165, 1.54) is 0 Å². The lowest BCUT2D eigenvalue weighted by molar-refractivity contribution is -0.115. The molecular weight excluding hydrogens is 294 g/mol. The Labute approximate surface area is 136 Å². The van der Waals surface area contributed by atoms with Gasteiger partial charge in [-0.25, -0.2) is 4.79 Å². The fourth-order valence-corrected chi connectivity index (χ4v) is 2.99. The largest absolute Gasteiger partial charge is 0.444 e. The molecule has 0 aromatic heterocycles. The average molecular weight is 317 g/mol. The molecule has 2 amide bonds. The van der Waals surface area contributed by atoms with E-state index in [-0.39, 0.29) is 12.0 Å². The van der Waals surface area contributed by atoms with Crippen LogP contribution in [-0.2, 0) is 16.0 Å². The second-order valence-corrected chi connectivity index (χ2v) is 6.98. The number of hydrogen-bond donors (Lipinski definition) is 1. The van der Waals surface area contributed by atoms with Crippen LogP contribution in [0.25, 0.3) is 0 Å². The van der Waals surface area contributed by atoms with Gasteiger partial charge in [0.25, 0.3) is 0 Å². The maximum Gasteiger partial charge on any atom is 0.410 e. The molecule has 0 atom stereocenters. The zero-order valence-corrected chi connectivity index (χ0v) is 13.9. The molecule has 0 unspecified atom stereocenters. The molecule has 0 saturated carbocycles. The number of fused-ring (bicyclic) bond motifs is 1. The highest BCUT2D eigenvalue weighted by Crippen LogP contribution is 2.32. The summed E-state index contributed by atoms with van der Waals surface area (Å²) in [7, 11) is 0. The number of hydrogen-bond acceptors (Lipinski definition) is 4. The maximum atomic E-state index is 12.1. The molecule has 1 aromatic carbocycles. The molecule has 1 fully saturated rings. The van der Waals surface area contributed by atoms with Crippen molar-refractivity contribution < 1.29 is 14.3 Å². The SMILES string of the molecule is CC(C)(C)OC(=O)N1CCN(c2cccc3c2CC(=O)N3)CC1. The van der Waals surface area contributed by atoms with E-state index in [9.17, 15) is 9.59 Å². The van der Waals surface area contributed by atoms with Crippen LogP contribution in [0.5, 0.6) is 0 Å². The van der Waals surface area contributed by atoms with Gasteiger partial charge in [-0.05, 0) is 32.9 Å². The van der Waals surface area contributed by atoms with Crippen LogP contribution in [0.2, 0.25) is 0 Å². The first-order valence-corrected chi connectivity index (χ1v) is 7.98. The van der Waals surface area contributed by atoms with Crippen molar-refractivity contribution >= 4 is 23.4 Å². The highest BCUT2D eigenvalue weighted by molar-refractivity contribution is 6.01. The zero-order valence-electron chi connectivity index (χ0n) is 13.9. The average Bonchev–Trinajstić information content (AvgIpc) is 2.85. The molecule has 0 spiro atoms. The highest BCUT2D eigenvalue weighted by Gasteiger charge is 2.28. The Morgan fingerprint density at radius 2 is 1.87 bits per heavy atom. The molecule has 23 heavy (non-hydrogen) atoms. The zero-order chi connectivity index (χ0) is 16.6. The Morgan fingerprint density at radius 3 is 2.52 bits per heavy atom. The second kappa shape index (κ2) is 5.76. The van der Waals surface area contributed by atoms with Crippen molar-refractivity contribution in [1.29, 1.82) is 0 Å². The van der Waals surface area contributed by atoms with Crippen LogP contribution < -0.4 is 10.2 Å². The molecule has 2 heterocycles. The summed E-state index contributed by atoms with van der Waals surface area (Å²) in [4.78, 5) is 27.7. The summed E-state index contributed by atoms with van der Waals surface area (Å²) in [5, 5.41) is 2.88. The molecule has 6 heteroatoms. The Hall–Kier alpha value is -2.24. The van der Waals surface area contributed by atoms with E-state index in [1.54, 1.807) is 4.90 Å². The number of amides is 2. The van der Waals surface area contributed by atoms with Gasteiger partial charge in [-0.2, -0.15) is 0 Å². The minimum atomic E-state index is -0.472. The fourth-order valence-electron chi connectivity index (χ4n) is 2.99. The number of carbonyl (C=O) groups is 2. The van der Waals surface area contributed by atoms with Crippen molar-refractivity contribution in [2.24, 2.45) is 0 Å². The van der Waals surface area contributed by atoms with Gasteiger partial charge in [-0.3, -0.25) is 4.79 Å². The summed E-state index contributed by atoms with van der Waals surface area (Å²) in [5.41, 5.74) is 2.58. The van der Waals surface area contributed by atoms with E-state index in [4.69, 9.17) is 4.74 Å². The Kier molecular flexibility index (Phi) is 3.92. The van der Waals surface area contributed by atoms with Gasteiger partial charge in [0, 0.05) is 43.1 Å². The summed E-state index contributed by atoms with van der Waals surface area (Å²) in [6.45, 7) is 8.35. The molecule has 2 aliphatic heterocycles. The van der Waals surface area contributed by atoms with E-state index in [0.717, 1.165) is 30.0 Å². The number of nitrogens with one attached hydrogen (secondary N) is 1. The fraction of sp³-hybridized carbons (Fsp3) is 0.529. The first-order valence-electron chi connectivity index (χ1n) is 7.98. The summed E-state index contributed by atoms with van der Waals surface area (Å²) in [5.74, 6) is 0.0415. The summed E-state index contributed by atoms with van der Waals surface area (Å²) < 4.78 is 5.42. The summed E-state index contributed by atoms with van der Waals surface area (Å²) >= 11 is 0. The molecule has 2 aliphatic rings. The molecule has 1 N–H and O–H groups in total. The quantitative estimate of drug-likeness (QED) is 0.863.